The number of thiophene rings is 1. The third kappa shape index (κ3) is 4.48. The van der Waals surface area contributed by atoms with Crippen molar-refractivity contribution >= 4 is 51.1 Å². The van der Waals surface area contributed by atoms with Crippen LogP contribution in [0.25, 0.3) is 10.4 Å². The van der Waals surface area contributed by atoms with Crippen LogP contribution in [-0.2, 0) is 27.3 Å². The summed E-state index contributed by atoms with van der Waals surface area (Å²) in [5, 5.41) is 11.2. The summed E-state index contributed by atoms with van der Waals surface area (Å²) in [4.78, 5) is 27.2. The van der Waals surface area contributed by atoms with Crippen LogP contribution in [0.5, 0.6) is 0 Å². The van der Waals surface area contributed by atoms with Crippen molar-refractivity contribution < 1.29 is 23.5 Å². The van der Waals surface area contributed by atoms with Crippen molar-refractivity contribution in [3.05, 3.63) is 76.8 Å². The number of carboxylic acids is 1. The fourth-order valence-electron chi connectivity index (χ4n) is 4.14. The van der Waals surface area contributed by atoms with Crippen molar-refractivity contribution in [2.45, 2.75) is 24.3 Å². The second kappa shape index (κ2) is 9.50. The molecule has 3 aromatic rings. The normalized spacial score (nSPS) is 19.9. The van der Waals surface area contributed by atoms with Crippen molar-refractivity contribution in [2.24, 2.45) is 0 Å². The number of carbonyl (C=O) groups is 2. The first kappa shape index (κ1) is 24.4. The van der Waals surface area contributed by atoms with Gasteiger partial charge in [0, 0.05) is 29.9 Å². The molecule has 3 atom stereocenters. The van der Waals surface area contributed by atoms with E-state index < -0.39 is 28.7 Å². The molecule has 7 nitrogen and oxygen atoms in total. The van der Waals surface area contributed by atoms with E-state index in [9.17, 15) is 23.5 Å². The van der Waals surface area contributed by atoms with E-state index in [-0.39, 0.29) is 18.7 Å². The quantitative estimate of drug-likeness (QED) is 0.423. The Balaban J connectivity index is 1.71. The minimum absolute atomic E-state index is 0.109. The molecular weight excluding hydrogens is 496 g/mol. The maximum absolute atomic E-state index is 12.6. The third-order valence-corrected chi connectivity index (χ3v) is 8.33. The molecule has 0 aliphatic heterocycles. The van der Waals surface area contributed by atoms with Crippen molar-refractivity contribution in [3.8, 4) is 10.4 Å². The first-order valence-corrected chi connectivity index (χ1v) is 12.7. The molecule has 1 saturated carbocycles. The standard InChI is InChI=1S/C24H23ClN2O5S2/c1-26(2)21(28)13-16-5-3-4-6-18(16)19-14-24(19,23(29)30)27(34(31)32)22-12-11-20(33-22)15-7-9-17(25)10-8-15/h3-12,19H,13-14H2,1-2H3,(H,29,30)(H,31,32). The Morgan fingerprint density at radius 1 is 1.12 bits per heavy atom. The fraction of sp³-hybridized carbons (Fsp3) is 0.250. The maximum Gasteiger partial charge on any atom is 0.331 e. The lowest BCUT2D eigenvalue weighted by molar-refractivity contribution is -0.139. The van der Waals surface area contributed by atoms with Crippen molar-refractivity contribution in [1.82, 2.24) is 4.90 Å². The minimum atomic E-state index is -2.58. The summed E-state index contributed by atoms with van der Waals surface area (Å²) < 4.78 is 23.8. The van der Waals surface area contributed by atoms with Gasteiger partial charge in [0.1, 0.15) is 5.00 Å². The van der Waals surface area contributed by atoms with Gasteiger partial charge in [-0.05, 0) is 47.4 Å². The summed E-state index contributed by atoms with van der Waals surface area (Å²) in [5.41, 5.74) is 0.684. The van der Waals surface area contributed by atoms with Gasteiger partial charge in [0.2, 0.25) is 5.91 Å². The number of hydrogen-bond acceptors (Lipinski definition) is 4. The zero-order valence-electron chi connectivity index (χ0n) is 18.5. The molecule has 10 heteroatoms. The number of carbonyl (C=O) groups excluding carboxylic acids is 1. The first-order valence-electron chi connectivity index (χ1n) is 10.4. The molecule has 1 fully saturated rings. The Hall–Kier alpha value is -2.72. The molecule has 1 heterocycles. The van der Waals surface area contributed by atoms with Crippen LogP contribution in [-0.4, -0.2) is 50.3 Å². The number of amides is 1. The topological polar surface area (TPSA) is 98.2 Å². The van der Waals surface area contributed by atoms with E-state index in [1.807, 2.05) is 12.1 Å². The molecule has 0 radical (unpaired) electrons. The number of likely N-dealkylation sites (N-methyl/N-ethyl adjacent to an activating group) is 1. The molecule has 1 aliphatic rings. The number of aliphatic carboxylic acids is 1. The lowest BCUT2D eigenvalue weighted by atomic mass is 9.97. The molecule has 34 heavy (non-hydrogen) atoms. The Morgan fingerprint density at radius 3 is 2.41 bits per heavy atom. The van der Waals surface area contributed by atoms with Gasteiger partial charge in [0.15, 0.2) is 5.54 Å². The zero-order chi connectivity index (χ0) is 24.6. The molecule has 178 valence electrons. The van der Waals surface area contributed by atoms with Gasteiger partial charge >= 0.3 is 5.97 Å². The smallest absolute Gasteiger partial charge is 0.331 e. The van der Waals surface area contributed by atoms with Gasteiger partial charge < -0.3 is 10.0 Å². The highest BCUT2D eigenvalue weighted by molar-refractivity contribution is 7.81. The fourth-order valence-corrected chi connectivity index (χ4v) is 6.34. The molecule has 2 N–H and O–H groups in total. The van der Waals surface area contributed by atoms with Crippen LogP contribution in [0.1, 0.15) is 23.5 Å². The molecular formula is C24H23ClN2O5S2. The number of rotatable bonds is 8. The van der Waals surface area contributed by atoms with E-state index in [1.165, 1.54) is 16.2 Å². The number of halogens is 1. The number of benzene rings is 2. The predicted molar refractivity (Wildman–Crippen MR) is 135 cm³/mol. The Morgan fingerprint density at radius 2 is 1.79 bits per heavy atom. The van der Waals surface area contributed by atoms with Crippen molar-refractivity contribution in [2.75, 3.05) is 18.4 Å². The lowest BCUT2D eigenvalue weighted by Crippen LogP contribution is -2.46. The predicted octanol–water partition coefficient (Wildman–Crippen LogP) is 4.65. The van der Waals surface area contributed by atoms with Crippen LogP contribution in [0.4, 0.5) is 5.00 Å². The first-order chi connectivity index (χ1) is 16.1. The van der Waals surface area contributed by atoms with Gasteiger partial charge in [-0.1, -0.05) is 48.0 Å². The van der Waals surface area contributed by atoms with Crippen LogP contribution >= 0.6 is 22.9 Å². The summed E-state index contributed by atoms with van der Waals surface area (Å²) in [6, 6.07) is 17.8. The minimum Gasteiger partial charge on any atom is -0.479 e. The molecule has 4 rings (SSSR count). The Kier molecular flexibility index (Phi) is 6.82. The second-order valence-electron chi connectivity index (χ2n) is 8.32. The van der Waals surface area contributed by atoms with Gasteiger partial charge in [-0.3, -0.25) is 9.35 Å². The second-order valence-corrected chi connectivity index (χ2v) is 10.6. The number of anilines is 1. The van der Waals surface area contributed by atoms with Gasteiger partial charge in [0.05, 0.1) is 6.42 Å². The highest BCUT2D eigenvalue weighted by Crippen LogP contribution is 2.59. The largest absolute Gasteiger partial charge is 0.479 e. The number of nitrogens with zero attached hydrogens (tertiary/aromatic N) is 2. The van der Waals surface area contributed by atoms with Crippen LogP contribution in [0, 0.1) is 0 Å². The monoisotopic (exact) mass is 518 g/mol. The van der Waals surface area contributed by atoms with Crippen molar-refractivity contribution in [1.29, 1.82) is 0 Å². The molecule has 0 saturated heterocycles. The Bertz CT molecular complexity index is 1260. The van der Waals surface area contributed by atoms with Crippen LogP contribution in [0.15, 0.2) is 60.7 Å². The van der Waals surface area contributed by atoms with E-state index in [4.69, 9.17) is 11.6 Å². The van der Waals surface area contributed by atoms with E-state index in [2.05, 4.69) is 0 Å². The number of carboxylic acid groups (broad SMARTS) is 1. The van der Waals surface area contributed by atoms with E-state index >= 15 is 0 Å². The summed E-state index contributed by atoms with van der Waals surface area (Å²) in [6.07, 6.45) is 0.271. The third-order valence-electron chi connectivity index (χ3n) is 6.01. The molecule has 1 aliphatic carbocycles. The molecule has 3 unspecified atom stereocenters. The summed E-state index contributed by atoms with van der Waals surface area (Å²) >= 11 is 4.62. The molecule has 0 spiro atoms. The van der Waals surface area contributed by atoms with Gasteiger partial charge in [-0.15, -0.1) is 11.3 Å². The van der Waals surface area contributed by atoms with E-state index in [0.717, 1.165) is 14.7 Å². The SMILES string of the molecule is CN(C)C(=O)Cc1ccccc1C1CC1(C(=O)O)N(c1ccc(-c2ccc(Cl)cc2)s1)S(=O)O. The summed E-state index contributed by atoms with van der Waals surface area (Å²) in [5.74, 6) is -1.84. The van der Waals surface area contributed by atoms with Crippen LogP contribution in [0.2, 0.25) is 5.02 Å². The average molecular weight is 519 g/mol. The molecule has 1 aromatic heterocycles. The highest BCUT2D eigenvalue weighted by Gasteiger charge is 2.67. The van der Waals surface area contributed by atoms with Crippen LogP contribution in [0.3, 0.4) is 0 Å². The number of hydrogen-bond donors (Lipinski definition) is 2. The lowest BCUT2D eigenvalue weighted by Gasteiger charge is -2.27. The maximum atomic E-state index is 12.6. The van der Waals surface area contributed by atoms with E-state index in [0.29, 0.717) is 21.2 Å². The zero-order valence-corrected chi connectivity index (χ0v) is 20.9. The molecule has 0 bridgehead atoms. The molecule has 2 aromatic carbocycles. The molecule has 1 amide bonds. The van der Waals surface area contributed by atoms with E-state index in [1.54, 1.807) is 62.6 Å². The summed E-state index contributed by atoms with van der Waals surface area (Å²) in [7, 11) is 3.32. The van der Waals surface area contributed by atoms with Gasteiger partial charge in [0.25, 0.3) is 11.3 Å². The average Bonchev–Trinajstić information content (AvgIpc) is 3.34. The highest BCUT2D eigenvalue weighted by atomic mass is 35.5. The Labute approximate surface area is 209 Å². The van der Waals surface area contributed by atoms with Gasteiger partial charge in [-0.25, -0.2) is 13.3 Å². The van der Waals surface area contributed by atoms with Crippen molar-refractivity contribution in [3.63, 3.8) is 0 Å². The summed E-state index contributed by atoms with van der Waals surface area (Å²) in [6.45, 7) is 0. The van der Waals surface area contributed by atoms with Crippen LogP contribution < -0.4 is 4.31 Å². The van der Waals surface area contributed by atoms with Gasteiger partial charge in [-0.2, -0.15) is 0 Å².